The number of hydrogen-bond acceptors (Lipinski definition) is 4. The fraction of sp³-hybridized carbons (Fsp3) is 0.227. The lowest BCUT2D eigenvalue weighted by molar-refractivity contribution is -0.903. The molecule has 6 heteroatoms. The van der Waals surface area contributed by atoms with E-state index in [1.807, 2.05) is 42.5 Å². The highest BCUT2D eigenvalue weighted by molar-refractivity contribution is 7.09. The quantitative estimate of drug-likeness (QED) is 0.502. The summed E-state index contributed by atoms with van der Waals surface area (Å²) in [5.41, 5.74) is 2.18. The second-order valence-electron chi connectivity index (χ2n) is 6.73. The third-order valence-electron chi connectivity index (χ3n) is 4.89. The Morgan fingerprint density at radius 1 is 1.14 bits per heavy atom. The summed E-state index contributed by atoms with van der Waals surface area (Å²) in [6.45, 7) is 4.22. The molecule has 2 N–H and O–H groups in total. The molecule has 0 spiro atoms. The van der Waals surface area contributed by atoms with Crippen molar-refractivity contribution in [1.29, 1.82) is 0 Å². The van der Waals surface area contributed by atoms with Crippen LogP contribution in [0.25, 0.3) is 21.9 Å². The normalized spacial score (nSPS) is 12.4. The number of fused-ring (bicyclic) bond motifs is 3. The fourth-order valence-corrected chi connectivity index (χ4v) is 4.19. The van der Waals surface area contributed by atoms with Gasteiger partial charge in [0.2, 0.25) is 0 Å². The predicted molar refractivity (Wildman–Crippen MR) is 113 cm³/mol. The third kappa shape index (κ3) is 3.74. The minimum Gasteiger partial charge on any atom is -0.495 e. The zero-order valence-electron chi connectivity index (χ0n) is 16.0. The Balaban J connectivity index is 1.56. The average molecular weight is 396 g/mol. The molecule has 2 aromatic heterocycles. The summed E-state index contributed by atoms with van der Waals surface area (Å²) >= 11 is 1.72. The van der Waals surface area contributed by atoms with Gasteiger partial charge in [-0.25, -0.2) is 0 Å². The lowest BCUT2D eigenvalue weighted by atomic mass is 10.1. The Kier molecular flexibility index (Phi) is 5.32. The van der Waals surface area contributed by atoms with E-state index in [9.17, 15) is 4.79 Å². The molecular formula is C22H23N2O3S+. The Morgan fingerprint density at radius 2 is 2.00 bits per heavy atom. The van der Waals surface area contributed by atoms with Crippen molar-refractivity contribution in [3.8, 4) is 5.75 Å². The van der Waals surface area contributed by atoms with Gasteiger partial charge in [0.25, 0.3) is 5.91 Å². The van der Waals surface area contributed by atoms with E-state index in [-0.39, 0.29) is 5.91 Å². The van der Waals surface area contributed by atoms with Crippen molar-refractivity contribution in [3.63, 3.8) is 0 Å². The zero-order chi connectivity index (χ0) is 19.5. The summed E-state index contributed by atoms with van der Waals surface area (Å²) in [6.07, 6.45) is 0. The van der Waals surface area contributed by atoms with Crippen molar-refractivity contribution in [3.05, 3.63) is 58.8 Å². The van der Waals surface area contributed by atoms with E-state index in [1.54, 1.807) is 18.4 Å². The van der Waals surface area contributed by atoms with E-state index in [4.69, 9.17) is 9.15 Å². The zero-order valence-corrected chi connectivity index (χ0v) is 16.8. The molecule has 28 heavy (non-hydrogen) atoms. The first-order chi connectivity index (χ1) is 13.7. The van der Waals surface area contributed by atoms with E-state index in [2.05, 4.69) is 23.7 Å². The largest absolute Gasteiger partial charge is 0.495 e. The van der Waals surface area contributed by atoms with Crippen LogP contribution in [0.15, 0.2) is 58.3 Å². The number of furan rings is 1. The average Bonchev–Trinajstić information content (AvgIpc) is 3.33. The van der Waals surface area contributed by atoms with Crippen LogP contribution in [-0.4, -0.2) is 26.1 Å². The molecular weight excluding hydrogens is 372 g/mol. The van der Waals surface area contributed by atoms with Gasteiger partial charge in [-0.2, -0.15) is 0 Å². The van der Waals surface area contributed by atoms with Crippen LogP contribution in [-0.2, 0) is 11.3 Å². The first-order valence-corrected chi connectivity index (χ1v) is 10.2. The molecule has 0 bridgehead atoms. The molecule has 0 aliphatic heterocycles. The van der Waals surface area contributed by atoms with Gasteiger partial charge in [-0.1, -0.05) is 24.3 Å². The number of anilines is 1. The Labute approximate surface area is 167 Å². The van der Waals surface area contributed by atoms with Gasteiger partial charge in [0.1, 0.15) is 23.5 Å². The highest BCUT2D eigenvalue weighted by atomic mass is 32.1. The van der Waals surface area contributed by atoms with Gasteiger partial charge in [-0.05, 0) is 30.5 Å². The van der Waals surface area contributed by atoms with Crippen LogP contribution in [0.2, 0.25) is 0 Å². The number of likely N-dealkylation sites (N-methyl/N-ethyl adjacent to an activating group) is 1. The maximum absolute atomic E-state index is 12.7. The van der Waals surface area contributed by atoms with Gasteiger partial charge < -0.3 is 19.4 Å². The van der Waals surface area contributed by atoms with Crippen LogP contribution in [0.4, 0.5) is 5.69 Å². The summed E-state index contributed by atoms with van der Waals surface area (Å²) in [7, 11) is 1.61. The van der Waals surface area contributed by atoms with Crippen molar-refractivity contribution in [2.75, 3.05) is 25.5 Å². The molecule has 0 aliphatic rings. The standard InChI is InChI=1S/C22H22N2O3S/c1-3-24(13-15-7-6-10-28-15)14-22(25)23-18-12-20-17(11-21(18)26-2)16-8-4-5-9-19(16)27-20/h4-12H,3,13-14H2,1-2H3,(H,23,25)/p+1. The number of carbonyl (C=O) groups excluding carboxylic acids is 1. The molecule has 4 rings (SSSR count). The van der Waals surface area contributed by atoms with Gasteiger partial charge in [0.05, 0.1) is 24.2 Å². The van der Waals surface area contributed by atoms with Gasteiger partial charge >= 0.3 is 0 Å². The number of rotatable bonds is 7. The number of amides is 1. The van der Waals surface area contributed by atoms with Crippen LogP contribution >= 0.6 is 11.3 Å². The van der Waals surface area contributed by atoms with Crippen molar-refractivity contribution in [1.82, 2.24) is 0 Å². The molecule has 0 saturated heterocycles. The molecule has 0 saturated carbocycles. The topological polar surface area (TPSA) is 55.9 Å². The molecule has 2 heterocycles. The van der Waals surface area contributed by atoms with Gasteiger partial charge in [-0.15, -0.1) is 11.3 Å². The van der Waals surface area contributed by atoms with E-state index in [0.29, 0.717) is 18.0 Å². The fourth-order valence-electron chi connectivity index (χ4n) is 3.41. The molecule has 144 valence electrons. The molecule has 0 aliphatic carbocycles. The highest BCUT2D eigenvalue weighted by Gasteiger charge is 2.17. The van der Waals surface area contributed by atoms with Crippen molar-refractivity contribution < 1.29 is 18.8 Å². The number of carbonyl (C=O) groups is 1. The molecule has 1 atom stereocenters. The van der Waals surface area contributed by atoms with Crippen molar-refractivity contribution in [2.24, 2.45) is 0 Å². The molecule has 4 aromatic rings. The first-order valence-electron chi connectivity index (χ1n) is 9.33. The number of ether oxygens (including phenoxy) is 1. The Morgan fingerprint density at radius 3 is 2.75 bits per heavy atom. The van der Waals surface area contributed by atoms with Crippen LogP contribution in [0.3, 0.4) is 0 Å². The van der Waals surface area contributed by atoms with E-state index in [1.165, 1.54) is 9.78 Å². The molecule has 1 amide bonds. The smallest absolute Gasteiger partial charge is 0.279 e. The third-order valence-corrected chi connectivity index (χ3v) is 5.76. The Bertz CT molecular complexity index is 1100. The minimum absolute atomic E-state index is 0.0397. The second kappa shape index (κ2) is 8.04. The number of thiophene rings is 1. The Hall–Kier alpha value is -2.83. The lowest BCUT2D eigenvalue weighted by Gasteiger charge is -2.17. The van der Waals surface area contributed by atoms with Gasteiger partial charge in [0.15, 0.2) is 6.54 Å². The summed E-state index contributed by atoms with van der Waals surface area (Å²) in [5, 5.41) is 7.08. The predicted octanol–water partition coefficient (Wildman–Crippen LogP) is 3.70. The van der Waals surface area contributed by atoms with Crippen LogP contribution in [0, 0.1) is 0 Å². The number of quaternary nitrogens is 1. The van der Waals surface area contributed by atoms with Crippen molar-refractivity contribution in [2.45, 2.75) is 13.5 Å². The van der Waals surface area contributed by atoms with Crippen LogP contribution in [0.1, 0.15) is 11.8 Å². The van der Waals surface area contributed by atoms with E-state index < -0.39 is 0 Å². The molecule has 2 aromatic carbocycles. The monoisotopic (exact) mass is 395 g/mol. The molecule has 5 nitrogen and oxygen atoms in total. The number of methoxy groups -OCH3 is 1. The maximum atomic E-state index is 12.7. The van der Waals surface area contributed by atoms with Crippen LogP contribution < -0.4 is 15.0 Å². The number of nitrogens with one attached hydrogen (secondary N) is 2. The van der Waals surface area contributed by atoms with E-state index in [0.717, 1.165) is 35.0 Å². The molecule has 0 fully saturated rings. The van der Waals surface area contributed by atoms with Gasteiger partial charge in [0, 0.05) is 16.8 Å². The van der Waals surface area contributed by atoms with Crippen LogP contribution in [0.5, 0.6) is 5.75 Å². The SMILES string of the molecule is CC[NH+](CC(=O)Nc1cc2oc3ccccc3c2cc1OC)Cc1cccs1. The number of benzene rings is 2. The number of para-hydroxylation sites is 1. The maximum Gasteiger partial charge on any atom is 0.279 e. The first kappa shape index (κ1) is 18.5. The summed E-state index contributed by atoms with van der Waals surface area (Å²) in [6, 6.07) is 15.8. The minimum atomic E-state index is -0.0397. The number of hydrogen-bond donors (Lipinski definition) is 2. The summed E-state index contributed by atoms with van der Waals surface area (Å²) < 4.78 is 11.5. The summed E-state index contributed by atoms with van der Waals surface area (Å²) in [4.78, 5) is 15.2. The van der Waals surface area contributed by atoms with E-state index >= 15 is 0 Å². The van der Waals surface area contributed by atoms with Gasteiger partial charge in [-0.3, -0.25) is 4.79 Å². The second-order valence-corrected chi connectivity index (χ2v) is 7.76. The summed E-state index contributed by atoms with van der Waals surface area (Å²) in [5.74, 6) is 0.589. The highest BCUT2D eigenvalue weighted by Crippen LogP contribution is 2.36. The molecule has 1 unspecified atom stereocenters. The van der Waals surface area contributed by atoms with Crippen molar-refractivity contribution >= 4 is 44.9 Å². The molecule has 0 radical (unpaired) electrons. The lowest BCUT2D eigenvalue weighted by Crippen LogP contribution is -3.11.